The minimum absolute atomic E-state index is 0.0867. The summed E-state index contributed by atoms with van der Waals surface area (Å²) in [5.74, 6) is 0. The molecule has 29 heavy (non-hydrogen) atoms. The van der Waals surface area contributed by atoms with Crippen molar-refractivity contribution in [2.75, 3.05) is 19.8 Å². The van der Waals surface area contributed by atoms with E-state index < -0.39 is 26.5 Å². The van der Waals surface area contributed by atoms with Crippen LogP contribution in [0.2, 0.25) is 10.0 Å². The number of hydrogen-bond donors (Lipinski definition) is 0. The Labute approximate surface area is 178 Å². The number of hydrogen-bond acceptors (Lipinski definition) is 3. The van der Waals surface area contributed by atoms with Crippen LogP contribution < -0.4 is 0 Å². The van der Waals surface area contributed by atoms with Crippen molar-refractivity contribution in [3.8, 4) is 0 Å². The number of aliphatic imine (C=N–C) groups is 1. The quantitative estimate of drug-likeness (QED) is 0.363. The largest absolute Gasteiger partial charge is 0.417 e. The molecule has 0 aromatic heterocycles. The Kier molecular flexibility index (Phi) is 7.24. The Morgan fingerprint density at radius 2 is 1.83 bits per heavy atom. The molecule has 1 unspecified atom stereocenters. The van der Waals surface area contributed by atoms with Crippen LogP contribution in [-0.2, 0) is 15.9 Å². The molecule has 0 aliphatic carbocycles. The van der Waals surface area contributed by atoms with Gasteiger partial charge in [0.05, 0.1) is 47.9 Å². The second-order valence-electron chi connectivity index (χ2n) is 6.44. The highest BCUT2D eigenvalue weighted by atomic mass is 35.5. The maximum Gasteiger partial charge on any atom is 0.417 e. The molecule has 10 heteroatoms. The van der Waals surface area contributed by atoms with Crippen molar-refractivity contribution >= 4 is 50.6 Å². The fourth-order valence-corrected chi connectivity index (χ4v) is 4.54. The Hall–Kier alpha value is -1.77. The van der Waals surface area contributed by atoms with Crippen LogP contribution in [0.15, 0.2) is 44.6 Å². The summed E-state index contributed by atoms with van der Waals surface area (Å²) >= 11 is 11.9. The molecule has 1 atom stereocenters. The van der Waals surface area contributed by atoms with Crippen molar-refractivity contribution in [2.24, 2.45) is 9.36 Å². The number of benzene rings is 2. The van der Waals surface area contributed by atoms with Crippen LogP contribution in [0.25, 0.3) is 0 Å². The first kappa shape index (κ1) is 23.5. The van der Waals surface area contributed by atoms with E-state index in [-0.39, 0.29) is 10.7 Å². The van der Waals surface area contributed by atoms with Gasteiger partial charge in [-0.3, -0.25) is 0 Å². The van der Waals surface area contributed by atoms with E-state index in [2.05, 4.69) is 9.36 Å². The average Bonchev–Trinajstić information content (AvgIpc) is 2.62. The summed E-state index contributed by atoms with van der Waals surface area (Å²) in [5, 5.41) is -0.180. The summed E-state index contributed by atoms with van der Waals surface area (Å²) in [6, 6.07) is 6.31. The second kappa shape index (κ2) is 8.93. The van der Waals surface area contributed by atoms with Gasteiger partial charge in [0.25, 0.3) is 0 Å². The van der Waals surface area contributed by atoms with E-state index in [9.17, 15) is 17.4 Å². The molecule has 2 rings (SSSR count). The van der Waals surface area contributed by atoms with Crippen LogP contribution in [0.3, 0.4) is 0 Å². The zero-order chi connectivity index (χ0) is 22.0. The summed E-state index contributed by atoms with van der Waals surface area (Å²) < 4.78 is 56.5. The molecule has 2 aromatic carbocycles. The average molecular weight is 466 g/mol. The number of alkyl halides is 3. The summed E-state index contributed by atoms with van der Waals surface area (Å²) in [4.78, 5) is 6.48. The molecule has 0 fully saturated rings. The SMILES string of the molecule is CCN(C)C=Nc1cc(C)c(S(C)(=O)=Nc2ccc(Cl)c(C(F)(F)F)c2)cc1Cl. The highest BCUT2D eigenvalue weighted by Crippen LogP contribution is 2.38. The minimum Gasteiger partial charge on any atom is -0.366 e. The molecule has 0 aliphatic heterocycles. The van der Waals surface area contributed by atoms with Crippen LogP contribution in [0.5, 0.6) is 0 Å². The molecule has 0 spiro atoms. The summed E-state index contributed by atoms with van der Waals surface area (Å²) in [5.41, 5.74) is -0.0113. The lowest BCUT2D eigenvalue weighted by molar-refractivity contribution is -0.137. The summed E-state index contributed by atoms with van der Waals surface area (Å²) in [6.07, 6.45) is -1.66. The highest BCUT2D eigenvalue weighted by Gasteiger charge is 2.33. The molecule has 0 amide bonds. The van der Waals surface area contributed by atoms with Crippen LogP contribution in [0, 0.1) is 6.92 Å². The first-order chi connectivity index (χ1) is 13.3. The van der Waals surface area contributed by atoms with E-state index in [0.29, 0.717) is 16.1 Å². The van der Waals surface area contributed by atoms with Gasteiger partial charge < -0.3 is 4.90 Å². The van der Waals surface area contributed by atoms with Crippen molar-refractivity contribution in [3.05, 3.63) is 51.5 Å². The van der Waals surface area contributed by atoms with E-state index in [0.717, 1.165) is 18.7 Å². The third-order valence-electron chi connectivity index (χ3n) is 4.08. The second-order valence-corrected chi connectivity index (χ2v) is 9.48. The van der Waals surface area contributed by atoms with Gasteiger partial charge in [-0.1, -0.05) is 23.2 Å². The molecular formula is C19H20Cl2F3N3OS. The minimum atomic E-state index is -4.64. The van der Waals surface area contributed by atoms with Gasteiger partial charge in [-0.15, -0.1) is 0 Å². The first-order valence-electron chi connectivity index (χ1n) is 8.48. The van der Waals surface area contributed by atoms with Crippen molar-refractivity contribution in [3.63, 3.8) is 0 Å². The van der Waals surface area contributed by atoms with E-state index in [1.807, 2.05) is 18.9 Å². The van der Waals surface area contributed by atoms with E-state index in [4.69, 9.17) is 23.2 Å². The molecule has 158 valence electrons. The lowest BCUT2D eigenvalue weighted by Crippen LogP contribution is -2.14. The van der Waals surface area contributed by atoms with Crippen LogP contribution in [0.4, 0.5) is 24.5 Å². The zero-order valence-corrected chi connectivity index (χ0v) is 18.5. The standard InChI is InChI=1S/C19H20Cl2F3N3OS/c1-5-27(3)11-25-17-8-12(2)18(10-16(17)21)29(4,28)26-13-6-7-15(20)14(9-13)19(22,23)24/h6-11H,5H2,1-4H3. The Morgan fingerprint density at radius 3 is 2.41 bits per heavy atom. The normalized spacial score (nSPS) is 14.1. The number of rotatable bonds is 5. The molecule has 4 nitrogen and oxygen atoms in total. The molecule has 0 N–H and O–H groups in total. The lowest BCUT2D eigenvalue weighted by atomic mass is 10.2. The fourth-order valence-electron chi connectivity index (χ4n) is 2.44. The van der Waals surface area contributed by atoms with Crippen LogP contribution in [-0.4, -0.2) is 35.3 Å². The van der Waals surface area contributed by atoms with Crippen molar-refractivity contribution in [2.45, 2.75) is 24.9 Å². The maximum atomic E-state index is 13.2. The molecule has 2 aromatic rings. The zero-order valence-electron chi connectivity index (χ0n) is 16.2. The molecule has 0 aliphatic rings. The Bertz CT molecular complexity index is 1060. The molecule has 0 saturated heterocycles. The molecule has 0 heterocycles. The van der Waals surface area contributed by atoms with Crippen LogP contribution in [0.1, 0.15) is 18.1 Å². The van der Waals surface area contributed by atoms with Gasteiger partial charge in [0.1, 0.15) is 0 Å². The van der Waals surface area contributed by atoms with Gasteiger partial charge in [0.2, 0.25) is 0 Å². The maximum absolute atomic E-state index is 13.2. The van der Waals surface area contributed by atoms with Crippen molar-refractivity contribution in [1.29, 1.82) is 0 Å². The van der Waals surface area contributed by atoms with E-state index in [1.54, 1.807) is 19.3 Å². The predicted octanol–water partition coefficient (Wildman–Crippen LogP) is 6.72. The van der Waals surface area contributed by atoms with Gasteiger partial charge in [-0.05, 0) is 49.7 Å². The third kappa shape index (κ3) is 5.87. The summed E-state index contributed by atoms with van der Waals surface area (Å²) in [6.45, 7) is 4.45. The lowest BCUT2D eigenvalue weighted by Gasteiger charge is -2.13. The van der Waals surface area contributed by atoms with E-state index in [1.165, 1.54) is 18.4 Å². The topological polar surface area (TPSA) is 45.0 Å². The number of aryl methyl sites for hydroxylation is 1. The van der Waals surface area contributed by atoms with Gasteiger partial charge in [0, 0.05) is 19.8 Å². The highest BCUT2D eigenvalue weighted by molar-refractivity contribution is 7.93. The third-order valence-corrected chi connectivity index (χ3v) is 6.53. The van der Waals surface area contributed by atoms with Gasteiger partial charge in [-0.25, -0.2) is 9.20 Å². The van der Waals surface area contributed by atoms with Crippen LogP contribution >= 0.6 is 23.2 Å². The van der Waals surface area contributed by atoms with Crippen molar-refractivity contribution in [1.82, 2.24) is 4.90 Å². The van der Waals surface area contributed by atoms with Crippen molar-refractivity contribution < 1.29 is 17.4 Å². The Morgan fingerprint density at radius 1 is 1.17 bits per heavy atom. The monoisotopic (exact) mass is 465 g/mol. The van der Waals surface area contributed by atoms with Gasteiger partial charge in [-0.2, -0.15) is 17.5 Å². The first-order valence-corrected chi connectivity index (χ1v) is 11.2. The smallest absolute Gasteiger partial charge is 0.366 e. The fraction of sp³-hybridized carbons (Fsp3) is 0.316. The predicted molar refractivity (Wildman–Crippen MR) is 114 cm³/mol. The molecule has 0 bridgehead atoms. The molecular weight excluding hydrogens is 446 g/mol. The summed E-state index contributed by atoms with van der Waals surface area (Å²) in [7, 11) is -1.22. The van der Waals surface area contributed by atoms with E-state index >= 15 is 0 Å². The number of nitrogens with zero attached hydrogens (tertiary/aromatic N) is 3. The van der Waals surface area contributed by atoms with Gasteiger partial charge in [0.15, 0.2) is 0 Å². The Balaban J connectivity index is 2.52. The molecule has 0 saturated carbocycles. The van der Waals surface area contributed by atoms with Gasteiger partial charge >= 0.3 is 6.18 Å². The molecule has 0 radical (unpaired) electrons. The number of halogens is 5.